The van der Waals surface area contributed by atoms with Gasteiger partial charge in [0.15, 0.2) is 5.96 Å². The van der Waals surface area contributed by atoms with Gasteiger partial charge in [-0.05, 0) is 6.42 Å². The third kappa shape index (κ3) is 8.61. The van der Waals surface area contributed by atoms with E-state index in [-0.39, 0.29) is 24.0 Å². The first-order valence-corrected chi connectivity index (χ1v) is 7.14. The molecule has 0 aromatic heterocycles. The molecule has 0 saturated carbocycles. The molecule has 2 N–H and O–H groups in total. The molecule has 0 aromatic carbocycles. The van der Waals surface area contributed by atoms with Gasteiger partial charge in [-0.25, -0.2) is 12.7 Å². The lowest BCUT2D eigenvalue weighted by atomic mass is 10.4. The minimum atomic E-state index is -3.07. The molecule has 6 nitrogen and oxygen atoms in total. The van der Waals surface area contributed by atoms with E-state index in [0.29, 0.717) is 25.6 Å². The smallest absolute Gasteiger partial charge is 0.211 e. The number of aliphatic imine (C=N–C) groups is 1. The molecule has 0 radical (unpaired) electrons. The van der Waals surface area contributed by atoms with Crippen LogP contribution in [0.15, 0.2) is 4.99 Å². The molecule has 17 heavy (non-hydrogen) atoms. The lowest BCUT2D eigenvalue weighted by Crippen LogP contribution is -2.37. The fraction of sp³-hybridized carbons (Fsp3) is 0.889. The summed E-state index contributed by atoms with van der Waals surface area (Å²) in [5.41, 5.74) is 0. The largest absolute Gasteiger partial charge is 0.359 e. The van der Waals surface area contributed by atoms with Gasteiger partial charge in [-0.1, -0.05) is 6.92 Å². The summed E-state index contributed by atoms with van der Waals surface area (Å²) in [6.07, 6.45) is 1.98. The summed E-state index contributed by atoms with van der Waals surface area (Å²) in [5.74, 6) is 0.711. The van der Waals surface area contributed by atoms with Crippen molar-refractivity contribution in [1.82, 2.24) is 14.9 Å². The van der Waals surface area contributed by atoms with E-state index >= 15 is 0 Å². The summed E-state index contributed by atoms with van der Waals surface area (Å²) in [6, 6.07) is 0. The van der Waals surface area contributed by atoms with Crippen molar-refractivity contribution in [2.75, 3.05) is 40.0 Å². The number of hydrogen-bond acceptors (Lipinski definition) is 3. The van der Waals surface area contributed by atoms with Crippen LogP contribution in [-0.4, -0.2) is 58.7 Å². The first-order chi connectivity index (χ1) is 7.45. The van der Waals surface area contributed by atoms with E-state index in [1.807, 2.05) is 6.92 Å². The Bertz CT molecular complexity index is 319. The van der Waals surface area contributed by atoms with Crippen molar-refractivity contribution in [2.45, 2.75) is 13.3 Å². The molecule has 0 aromatic rings. The second-order valence-corrected chi connectivity index (χ2v) is 5.34. The molecule has 0 aliphatic heterocycles. The normalized spacial score (nSPS) is 12.2. The van der Waals surface area contributed by atoms with Crippen LogP contribution >= 0.6 is 24.0 Å². The summed E-state index contributed by atoms with van der Waals surface area (Å²) < 4.78 is 24.0. The Balaban J connectivity index is 0. The van der Waals surface area contributed by atoms with Crippen molar-refractivity contribution < 1.29 is 8.42 Å². The zero-order chi connectivity index (χ0) is 12.6. The van der Waals surface area contributed by atoms with E-state index in [1.54, 1.807) is 14.1 Å². The first kappa shape index (κ1) is 19.3. The molecule has 0 rings (SSSR count). The van der Waals surface area contributed by atoms with Gasteiger partial charge < -0.3 is 10.6 Å². The molecule has 0 saturated heterocycles. The maximum absolute atomic E-state index is 11.3. The zero-order valence-corrected chi connectivity index (χ0v) is 14.0. The van der Waals surface area contributed by atoms with Crippen molar-refractivity contribution in [3.8, 4) is 0 Å². The average Bonchev–Trinajstić information content (AvgIpc) is 2.22. The Morgan fingerprint density at radius 1 is 1.41 bits per heavy atom. The minimum Gasteiger partial charge on any atom is -0.359 e. The highest BCUT2D eigenvalue weighted by atomic mass is 127. The van der Waals surface area contributed by atoms with E-state index in [4.69, 9.17) is 0 Å². The van der Waals surface area contributed by atoms with Crippen LogP contribution in [-0.2, 0) is 10.0 Å². The van der Waals surface area contributed by atoms with Crippen LogP contribution in [0.4, 0.5) is 0 Å². The van der Waals surface area contributed by atoms with Crippen LogP contribution in [0.5, 0.6) is 0 Å². The number of guanidine groups is 1. The van der Waals surface area contributed by atoms with Crippen LogP contribution in [0.3, 0.4) is 0 Å². The third-order valence-electron chi connectivity index (χ3n) is 2.16. The molecule has 0 amide bonds. The lowest BCUT2D eigenvalue weighted by Gasteiger charge is -2.17. The van der Waals surface area contributed by atoms with Crippen molar-refractivity contribution in [1.29, 1.82) is 0 Å². The van der Waals surface area contributed by atoms with E-state index in [0.717, 1.165) is 6.42 Å². The molecule has 0 spiro atoms. The highest BCUT2D eigenvalue weighted by Crippen LogP contribution is 1.97. The number of nitrogens with zero attached hydrogens (tertiary/aromatic N) is 2. The predicted molar refractivity (Wildman–Crippen MR) is 82.5 cm³/mol. The third-order valence-corrected chi connectivity index (χ3v) is 3.54. The molecule has 0 unspecified atom stereocenters. The number of halogens is 1. The van der Waals surface area contributed by atoms with Crippen molar-refractivity contribution in [2.24, 2.45) is 4.99 Å². The summed E-state index contributed by atoms with van der Waals surface area (Å²) in [5, 5.41) is 5.96. The van der Waals surface area contributed by atoms with Crippen molar-refractivity contribution in [3.05, 3.63) is 0 Å². The van der Waals surface area contributed by atoms with E-state index < -0.39 is 10.0 Å². The van der Waals surface area contributed by atoms with Gasteiger partial charge in [0.25, 0.3) is 0 Å². The second kappa shape index (κ2) is 9.89. The maximum atomic E-state index is 11.3. The van der Waals surface area contributed by atoms with Gasteiger partial charge >= 0.3 is 0 Å². The number of sulfonamides is 1. The average molecular weight is 378 g/mol. The highest BCUT2D eigenvalue weighted by Gasteiger charge is 2.12. The molecular formula is C9H23IN4O2S. The molecule has 8 heteroatoms. The Hall–Kier alpha value is -0.0900. The van der Waals surface area contributed by atoms with Gasteiger partial charge in [-0.15, -0.1) is 24.0 Å². The quantitative estimate of drug-likeness (QED) is 0.297. The number of hydrogen-bond donors (Lipinski definition) is 2. The lowest BCUT2D eigenvalue weighted by molar-refractivity contribution is 0.424. The first-order valence-electron chi connectivity index (χ1n) is 5.29. The number of rotatable bonds is 6. The fourth-order valence-corrected chi connectivity index (χ4v) is 2.23. The van der Waals surface area contributed by atoms with Gasteiger partial charge in [-0.2, -0.15) is 0 Å². The topological polar surface area (TPSA) is 73.8 Å². The zero-order valence-electron chi connectivity index (χ0n) is 10.9. The van der Waals surface area contributed by atoms with Crippen molar-refractivity contribution >= 4 is 40.0 Å². The van der Waals surface area contributed by atoms with Gasteiger partial charge in [0.05, 0.1) is 6.26 Å². The highest BCUT2D eigenvalue weighted by molar-refractivity contribution is 14.0. The molecule has 104 valence electrons. The SMILES string of the molecule is CCN(CCCNC(=NC)NC)S(C)(=O)=O.I. The van der Waals surface area contributed by atoms with Gasteiger partial charge in [0, 0.05) is 33.7 Å². The van der Waals surface area contributed by atoms with E-state index in [1.165, 1.54) is 10.6 Å². The second-order valence-electron chi connectivity index (χ2n) is 3.36. The Kier molecular flexibility index (Phi) is 11.2. The molecular weight excluding hydrogens is 355 g/mol. The van der Waals surface area contributed by atoms with Crippen LogP contribution in [0.25, 0.3) is 0 Å². The van der Waals surface area contributed by atoms with Gasteiger partial charge in [-0.3, -0.25) is 4.99 Å². The summed E-state index contributed by atoms with van der Waals surface area (Å²) >= 11 is 0. The summed E-state index contributed by atoms with van der Waals surface area (Å²) in [4.78, 5) is 3.95. The van der Waals surface area contributed by atoms with E-state index in [2.05, 4.69) is 15.6 Å². The summed E-state index contributed by atoms with van der Waals surface area (Å²) in [7, 11) is 0.403. The van der Waals surface area contributed by atoms with Crippen molar-refractivity contribution in [3.63, 3.8) is 0 Å². The van der Waals surface area contributed by atoms with Gasteiger partial charge in [0.2, 0.25) is 10.0 Å². The number of nitrogens with one attached hydrogen (secondary N) is 2. The van der Waals surface area contributed by atoms with Crippen LogP contribution in [0, 0.1) is 0 Å². The van der Waals surface area contributed by atoms with Crippen LogP contribution < -0.4 is 10.6 Å². The fourth-order valence-electron chi connectivity index (χ4n) is 1.30. The van der Waals surface area contributed by atoms with Crippen LogP contribution in [0.2, 0.25) is 0 Å². The molecule has 0 atom stereocenters. The maximum Gasteiger partial charge on any atom is 0.211 e. The molecule has 0 heterocycles. The monoisotopic (exact) mass is 378 g/mol. The molecule has 0 aliphatic carbocycles. The van der Waals surface area contributed by atoms with Crippen LogP contribution in [0.1, 0.15) is 13.3 Å². The van der Waals surface area contributed by atoms with E-state index in [9.17, 15) is 8.42 Å². The predicted octanol–water partition coefficient (Wildman–Crippen LogP) is 0.0708. The molecule has 0 aliphatic rings. The Labute approximate surface area is 121 Å². The molecule has 0 fully saturated rings. The molecule has 0 bridgehead atoms. The standard InChI is InChI=1S/C9H22N4O2S.HI/c1-5-13(16(4,14)15)8-6-7-12-9(10-2)11-3;/h5-8H2,1-4H3,(H2,10,11,12);1H. The summed E-state index contributed by atoms with van der Waals surface area (Å²) in [6.45, 7) is 3.57. The Morgan fingerprint density at radius 2 is 2.00 bits per heavy atom. The Morgan fingerprint density at radius 3 is 2.35 bits per heavy atom. The van der Waals surface area contributed by atoms with Gasteiger partial charge in [0.1, 0.15) is 0 Å². The minimum absolute atomic E-state index is 0.